The van der Waals surface area contributed by atoms with Crippen molar-refractivity contribution >= 4 is 7.05 Å². The number of aryl methyl sites for hydroxylation is 2. The Labute approximate surface area is 109 Å². The van der Waals surface area contributed by atoms with Gasteiger partial charge in [-0.05, 0) is 52.5 Å². The molecule has 1 saturated heterocycles. The molecule has 1 N–H and O–H groups in total. The first kappa shape index (κ1) is 12.2. The van der Waals surface area contributed by atoms with Crippen LogP contribution in [0.4, 0.5) is 0 Å². The Hall–Kier alpha value is -0.805. The predicted molar refractivity (Wildman–Crippen MR) is 72.6 cm³/mol. The van der Waals surface area contributed by atoms with Gasteiger partial charge < -0.3 is 9.83 Å². The van der Waals surface area contributed by atoms with Crippen molar-refractivity contribution in [1.29, 1.82) is 0 Å². The Balaban J connectivity index is 1.88. The Morgan fingerprint density at radius 3 is 2.56 bits per heavy atom. The highest BCUT2D eigenvalue weighted by molar-refractivity contribution is 6.45. The lowest BCUT2D eigenvalue weighted by atomic mass is 9.70. The fraction of sp³-hybridized carbons (Fsp3) is 0.769. The zero-order chi connectivity index (χ0) is 12.9. The second-order valence-corrected chi connectivity index (χ2v) is 5.98. The maximum Gasteiger partial charge on any atom is 0.376 e. The second-order valence-electron chi connectivity index (χ2n) is 5.98. The largest absolute Gasteiger partial charge is 0.437 e. The van der Waals surface area contributed by atoms with E-state index in [1.807, 2.05) is 18.6 Å². The maximum absolute atomic E-state index is 9.67. The van der Waals surface area contributed by atoms with Crippen LogP contribution in [0.25, 0.3) is 0 Å². The number of aromatic nitrogens is 2. The van der Waals surface area contributed by atoms with E-state index in [0.29, 0.717) is 5.41 Å². The first-order chi connectivity index (χ1) is 8.53. The summed E-state index contributed by atoms with van der Waals surface area (Å²) >= 11 is 0. The summed E-state index contributed by atoms with van der Waals surface area (Å²) in [6.07, 6.45) is 4.71. The Morgan fingerprint density at radius 2 is 1.94 bits per heavy atom. The summed E-state index contributed by atoms with van der Waals surface area (Å²) < 4.78 is 2.03. The highest BCUT2D eigenvalue weighted by Gasteiger charge is 2.44. The highest BCUT2D eigenvalue weighted by Crippen LogP contribution is 2.47. The Morgan fingerprint density at radius 1 is 1.28 bits per heavy atom. The van der Waals surface area contributed by atoms with Crippen LogP contribution in [0.3, 0.4) is 0 Å². The molecule has 1 aromatic rings. The number of nitrogens with zero attached hydrogens (tertiary/aromatic N) is 3. The highest BCUT2D eigenvalue weighted by atomic mass is 16.2. The third kappa shape index (κ3) is 1.64. The van der Waals surface area contributed by atoms with E-state index in [1.165, 1.54) is 23.4 Å². The lowest BCUT2D eigenvalue weighted by Gasteiger charge is -2.40. The molecule has 4 nitrogen and oxygen atoms in total. The molecule has 0 unspecified atom stereocenters. The van der Waals surface area contributed by atoms with Gasteiger partial charge in [0, 0.05) is 23.7 Å². The molecule has 98 valence electrons. The summed E-state index contributed by atoms with van der Waals surface area (Å²) in [7, 11) is 1.74. The van der Waals surface area contributed by atoms with Gasteiger partial charge in [0.05, 0.1) is 5.69 Å². The number of hydrogen-bond donors (Lipinski definition) is 1. The van der Waals surface area contributed by atoms with Crippen LogP contribution in [0.1, 0.15) is 36.2 Å². The standard InChI is InChI=1S/C13H22BN3O/c1-10-12-11(15-16(10)3)4-5-13(12)6-8-17(9-7-13)14(2)18/h18H,4-9H2,1-3H3. The van der Waals surface area contributed by atoms with Gasteiger partial charge in [-0.25, -0.2) is 0 Å². The molecule has 0 saturated carbocycles. The molecule has 18 heavy (non-hydrogen) atoms. The second kappa shape index (κ2) is 4.10. The minimum absolute atomic E-state index is 0.307. The SMILES string of the molecule is CB(O)N1CCC2(CCc3nn(C)c(C)c32)CC1. The minimum atomic E-state index is -0.307. The normalized spacial score (nSPS) is 22.4. The van der Waals surface area contributed by atoms with Gasteiger partial charge in [0.2, 0.25) is 0 Å². The predicted octanol–water partition coefficient (Wildman–Crippen LogP) is 1.12. The van der Waals surface area contributed by atoms with Crippen LogP contribution in [0.2, 0.25) is 6.82 Å². The molecule has 5 heteroatoms. The van der Waals surface area contributed by atoms with Gasteiger partial charge in [-0.1, -0.05) is 0 Å². The van der Waals surface area contributed by atoms with Crippen molar-refractivity contribution in [2.75, 3.05) is 13.1 Å². The number of fused-ring (bicyclic) bond motifs is 2. The zero-order valence-corrected chi connectivity index (χ0v) is 11.6. The molecule has 2 heterocycles. The van der Waals surface area contributed by atoms with Crippen LogP contribution in [0.5, 0.6) is 0 Å². The van der Waals surface area contributed by atoms with Crippen molar-refractivity contribution in [3.8, 4) is 0 Å². The van der Waals surface area contributed by atoms with Gasteiger partial charge in [-0.2, -0.15) is 5.10 Å². The third-order valence-electron chi connectivity index (χ3n) is 5.06. The first-order valence-electron chi connectivity index (χ1n) is 6.98. The van der Waals surface area contributed by atoms with Crippen molar-refractivity contribution in [3.63, 3.8) is 0 Å². The molecule has 0 aromatic carbocycles. The molecule has 0 amide bonds. The van der Waals surface area contributed by atoms with Gasteiger partial charge in [0.15, 0.2) is 0 Å². The van der Waals surface area contributed by atoms with E-state index >= 15 is 0 Å². The average molecular weight is 247 g/mol. The molecule has 1 aliphatic heterocycles. The summed E-state index contributed by atoms with van der Waals surface area (Å²) in [5.41, 5.74) is 4.53. The molecule has 0 bridgehead atoms. The first-order valence-corrected chi connectivity index (χ1v) is 6.98. The molecule has 1 aromatic heterocycles. The van der Waals surface area contributed by atoms with E-state index in [4.69, 9.17) is 0 Å². The lowest BCUT2D eigenvalue weighted by Crippen LogP contribution is -2.47. The molecular weight excluding hydrogens is 225 g/mol. The van der Waals surface area contributed by atoms with Gasteiger partial charge in [-0.15, -0.1) is 0 Å². The molecule has 2 aliphatic rings. The summed E-state index contributed by atoms with van der Waals surface area (Å²) in [5.74, 6) is 0. The van der Waals surface area contributed by atoms with E-state index in [9.17, 15) is 5.02 Å². The van der Waals surface area contributed by atoms with Crippen LogP contribution in [-0.2, 0) is 18.9 Å². The van der Waals surface area contributed by atoms with Crippen molar-refractivity contribution in [2.45, 2.75) is 44.8 Å². The topological polar surface area (TPSA) is 41.3 Å². The van der Waals surface area contributed by atoms with Gasteiger partial charge in [0.25, 0.3) is 0 Å². The van der Waals surface area contributed by atoms with Crippen LogP contribution in [-0.4, -0.2) is 39.8 Å². The van der Waals surface area contributed by atoms with E-state index < -0.39 is 0 Å². The zero-order valence-electron chi connectivity index (χ0n) is 11.6. The summed E-state index contributed by atoms with van der Waals surface area (Å²) in [5, 5.41) is 14.3. The van der Waals surface area contributed by atoms with Gasteiger partial charge in [0.1, 0.15) is 0 Å². The molecular formula is C13H22BN3O. The fourth-order valence-corrected chi connectivity index (χ4v) is 3.85. The summed E-state index contributed by atoms with van der Waals surface area (Å²) in [4.78, 5) is 2.18. The lowest BCUT2D eigenvalue weighted by molar-refractivity contribution is 0.213. The number of rotatable bonds is 1. The van der Waals surface area contributed by atoms with Crippen LogP contribution < -0.4 is 0 Å². The Bertz CT molecular complexity index is 461. The summed E-state index contributed by atoms with van der Waals surface area (Å²) in [6, 6.07) is 0. The summed E-state index contributed by atoms with van der Waals surface area (Å²) in [6.45, 7) is 6.07. The van der Waals surface area contributed by atoms with Crippen LogP contribution >= 0.6 is 0 Å². The smallest absolute Gasteiger partial charge is 0.376 e. The monoisotopic (exact) mass is 247 g/mol. The number of hydrogen-bond acceptors (Lipinski definition) is 3. The van der Waals surface area contributed by atoms with Gasteiger partial charge in [-0.3, -0.25) is 4.68 Å². The van der Waals surface area contributed by atoms with Crippen LogP contribution in [0.15, 0.2) is 0 Å². The van der Waals surface area contributed by atoms with Crippen molar-refractivity contribution in [2.24, 2.45) is 7.05 Å². The van der Waals surface area contributed by atoms with Gasteiger partial charge >= 0.3 is 7.05 Å². The number of piperidine rings is 1. The van der Waals surface area contributed by atoms with Crippen LogP contribution in [0, 0.1) is 6.92 Å². The quantitative estimate of drug-likeness (QED) is 0.756. The van der Waals surface area contributed by atoms with E-state index in [-0.39, 0.29) is 7.05 Å². The minimum Gasteiger partial charge on any atom is -0.437 e. The third-order valence-corrected chi connectivity index (χ3v) is 5.06. The van der Waals surface area contributed by atoms with E-state index in [1.54, 1.807) is 0 Å². The van der Waals surface area contributed by atoms with Crippen molar-refractivity contribution in [1.82, 2.24) is 14.6 Å². The molecule has 1 fully saturated rings. The molecule has 1 spiro atoms. The Kier molecular flexibility index (Phi) is 2.79. The van der Waals surface area contributed by atoms with Crippen molar-refractivity contribution in [3.05, 3.63) is 17.0 Å². The average Bonchev–Trinajstić information content (AvgIpc) is 2.81. The fourth-order valence-electron chi connectivity index (χ4n) is 3.85. The van der Waals surface area contributed by atoms with Crippen molar-refractivity contribution < 1.29 is 5.02 Å². The maximum atomic E-state index is 9.67. The van der Waals surface area contributed by atoms with E-state index in [2.05, 4.69) is 16.8 Å². The molecule has 1 aliphatic carbocycles. The van der Waals surface area contributed by atoms with E-state index in [0.717, 1.165) is 32.4 Å². The molecule has 0 radical (unpaired) electrons. The molecule has 3 rings (SSSR count). The molecule has 0 atom stereocenters.